The average Bonchev–Trinajstić information content (AvgIpc) is 2.79. The molecule has 2 nitrogen and oxygen atoms in total. The zero-order valence-corrected chi connectivity index (χ0v) is 15.4. The highest BCUT2D eigenvalue weighted by Crippen LogP contribution is 2.34. The SMILES string of the molecule is CC/C=C1/CCCCC1=NC1=NC2=CCCC=C2C1C.I. The number of nitrogens with zero attached hydrogens (tertiary/aromatic N) is 2. The highest BCUT2D eigenvalue weighted by molar-refractivity contribution is 14.0. The van der Waals surface area contributed by atoms with Crippen molar-refractivity contribution in [3.63, 3.8) is 0 Å². The number of halogens is 1. The number of allylic oxidation sites excluding steroid dienone is 5. The van der Waals surface area contributed by atoms with Crippen LogP contribution in [-0.4, -0.2) is 11.5 Å². The van der Waals surface area contributed by atoms with E-state index in [0.29, 0.717) is 5.92 Å². The van der Waals surface area contributed by atoms with E-state index in [1.807, 2.05) is 0 Å². The minimum atomic E-state index is 0. The van der Waals surface area contributed by atoms with Crippen molar-refractivity contribution in [3.8, 4) is 0 Å². The molecule has 1 unspecified atom stereocenters. The second-order valence-corrected chi connectivity index (χ2v) is 5.92. The van der Waals surface area contributed by atoms with Gasteiger partial charge in [0.15, 0.2) is 0 Å². The van der Waals surface area contributed by atoms with E-state index < -0.39 is 0 Å². The fraction of sp³-hybridized carbons (Fsp3) is 0.556. The Balaban J connectivity index is 0.00000161. The first-order valence-corrected chi connectivity index (χ1v) is 8.05. The first-order valence-electron chi connectivity index (χ1n) is 8.05. The molecular formula is C18H25IN2. The summed E-state index contributed by atoms with van der Waals surface area (Å²) in [6.45, 7) is 4.45. The highest BCUT2D eigenvalue weighted by atomic mass is 127. The van der Waals surface area contributed by atoms with Crippen molar-refractivity contribution in [2.45, 2.75) is 58.8 Å². The van der Waals surface area contributed by atoms with Crippen molar-refractivity contribution in [2.75, 3.05) is 0 Å². The number of aliphatic imine (C=N–C) groups is 2. The van der Waals surface area contributed by atoms with Crippen molar-refractivity contribution in [1.82, 2.24) is 0 Å². The molecule has 114 valence electrons. The summed E-state index contributed by atoms with van der Waals surface area (Å²) in [7, 11) is 0. The molecule has 0 amide bonds. The van der Waals surface area contributed by atoms with Crippen LogP contribution in [0.3, 0.4) is 0 Å². The van der Waals surface area contributed by atoms with Crippen molar-refractivity contribution in [1.29, 1.82) is 0 Å². The molecule has 0 aromatic heterocycles. The predicted octanol–water partition coefficient (Wildman–Crippen LogP) is 5.61. The molecule has 0 N–H and O–H groups in total. The smallest absolute Gasteiger partial charge is 0.136 e. The molecular weight excluding hydrogens is 371 g/mol. The Morgan fingerprint density at radius 1 is 1.24 bits per heavy atom. The van der Waals surface area contributed by atoms with Crippen LogP contribution in [0.15, 0.2) is 45.1 Å². The Morgan fingerprint density at radius 2 is 2.00 bits per heavy atom. The molecule has 0 saturated heterocycles. The van der Waals surface area contributed by atoms with E-state index in [4.69, 9.17) is 9.98 Å². The van der Waals surface area contributed by atoms with E-state index in [-0.39, 0.29) is 24.0 Å². The van der Waals surface area contributed by atoms with Crippen molar-refractivity contribution < 1.29 is 0 Å². The number of hydrogen-bond donors (Lipinski definition) is 0. The molecule has 2 aliphatic carbocycles. The zero-order chi connectivity index (χ0) is 13.9. The molecule has 1 fully saturated rings. The molecule has 1 heterocycles. The summed E-state index contributed by atoms with van der Waals surface area (Å²) >= 11 is 0. The van der Waals surface area contributed by atoms with Crippen LogP contribution in [0.5, 0.6) is 0 Å². The van der Waals surface area contributed by atoms with Crippen LogP contribution >= 0.6 is 24.0 Å². The van der Waals surface area contributed by atoms with Gasteiger partial charge in [-0.05, 0) is 56.1 Å². The van der Waals surface area contributed by atoms with E-state index in [1.165, 1.54) is 41.8 Å². The lowest BCUT2D eigenvalue weighted by molar-refractivity contribution is 0.730. The van der Waals surface area contributed by atoms with Crippen LogP contribution in [0, 0.1) is 5.92 Å². The molecule has 1 saturated carbocycles. The van der Waals surface area contributed by atoms with Gasteiger partial charge < -0.3 is 0 Å². The Hall–Kier alpha value is -0.710. The Bertz CT molecular complexity index is 550. The predicted molar refractivity (Wildman–Crippen MR) is 102 cm³/mol. The number of hydrogen-bond acceptors (Lipinski definition) is 2. The Morgan fingerprint density at radius 3 is 2.76 bits per heavy atom. The molecule has 3 rings (SSSR count). The third kappa shape index (κ3) is 3.55. The Kier molecular flexibility index (Phi) is 5.97. The summed E-state index contributed by atoms with van der Waals surface area (Å²) in [4.78, 5) is 9.73. The lowest BCUT2D eigenvalue weighted by atomic mass is 9.91. The minimum absolute atomic E-state index is 0. The molecule has 3 aliphatic rings. The minimum Gasteiger partial charge on any atom is -0.237 e. The summed E-state index contributed by atoms with van der Waals surface area (Å²) in [5.74, 6) is 1.40. The van der Waals surface area contributed by atoms with Gasteiger partial charge in [0, 0.05) is 11.6 Å². The summed E-state index contributed by atoms with van der Waals surface area (Å²) < 4.78 is 0. The summed E-state index contributed by atoms with van der Waals surface area (Å²) in [5, 5.41) is 0. The van der Waals surface area contributed by atoms with Gasteiger partial charge in [-0.1, -0.05) is 32.1 Å². The molecule has 21 heavy (non-hydrogen) atoms. The fourth-order valence-corrected chi connectivity index (χ4v) is 3.32. The van der Waals surface area contributed by atoms with E-state index in [2.05, 4.69) is 32.1 Å². The zero-order valence-electron chi connectivity index (χ0n) is 13.1. The Labute approximate surface area is 145 Å². The van der Waals surface area contributed by atoms with Crippen LogP contribution in [-0.2, 0) is 0 Å². The van der Waals surface area contributed by atoms with Crippen LogP contribution in [0.2, 0.25) is 0 Å². The van der Waals surface area contributed by atoms with Crippen molar-refractivity contribution >= 4 is 35.5 Å². The molecule has 3 heteroatoms. The van der Waals surface area contributed by atoms with E-state index in [1.54, 1.807) is 0 Å². The van der Waals surface area contributed by atoms with Crippen LogP contribution in [0.25, 0.3) is 0 Å². The molecule has 1 aliphatic heterocycles. The van der Waals surface area contributed by atoms with Gasteiger partial charge in [-0.3, -0.25) is 0 Å². The van der Waals surface area contributed by atoms with Gasteiger partial charge in [-0.15, -0.1) is 24.0 Å². The van der Waals surface area contributed by atoms with Crippen LogP contribution in [0.1, 0.15) is 58.8 Å². The van der Waals surface area contributed by atoms with Crippen LogP contribution < -0.4 is 0 Å². The maximum Gasteiger partial charge on any atom is 0.136 e. The standard InChI is InChI=1S/C18H24N2.HI/c1-3-8-14-9-4-6-11-16(14)19-18-13(2)15-10-5-7-12-17(15)20-18;/h8,10,12-13H,3-7,9,11H2,1-2H3;1H/b14-8-,19-16?;. The quantitative estimate of drug-likeness (QED) is 0.515. The third-order valence-electron chi connectivity index (χ3n) is 4.43. The van der Waals surface area contributed by atoms with Gasteiger partial charge in [0.25, 0.3) is 0 Å². The van der Waals surface area contributed by atoms with Gasteiger partial charge in [-0.2, -0.15) is 0 Å². The second-order valence-electron chi connectivity index (χ2n) is 5.92. The van der Waals surface area contributed by atoms with E-state index >= 15 is 0 Å². The first-order chi connectivity index (χ1) is 9.79. The van der Waals surface area contributed by atoms with Crippen molar-refractivity contribution in [2.24, 2.45) is 15.9 Å². The largest absolute Gasteiger partial charge is 0.237 e. The summed E-state index contributed by atoms with van der Waals surface area (Å²) in [5.41, 5.74) is 5.34. The normalized spacial score (nSPS) is 28.7. The maximum atomic E-state index is 4.96. The molecule has 0 aromatic rings. The number of fused-ring (bicyclic) bond motifs is 1. The van der Waals surface area contributed by atoms with Crippen LogP contribution in [0.4, 0.5) is 0 Å². The molecule has 0 spiro atoms. The van der Waals surface area contributed by atoms with Gasteiger partial charge in [0.05, 0.1) is 5.70 Å². The summed E-state index contributed by atoms with van der Waals surface area (Å²) in [6, 6.07) is 0. The second kappa shape index (κ2) is 7.52. The molecule has 0 aromatic carbocycles. The van der Waals surface area contributed by atoms with E-state index in [0.717, 1.165) is 31.5 Å². The number of rotatable bonds is 1. The lowest BCUT2D eigenvalue weighted by Crippen LogP contribution is -2.14. The fourth-order valence-electron chi connectivity index (χ4n) is 3.32. The van der Waals surface area contributed by atoms with Gasteiger partial charge >= 0.3 is 0 Å². The number of amidine groups is 1. The average molecular weight is 396 g/mol. The highest BCUT2D eigenvalue weighted by Gasteiger charge is 2.27. The monoisotopic (exact) mass is 396 g/mol. The molecule has 0 bridgehead atoms. The van der Waals surface area contributed by atoms with Gasteiger partial charge in [0.2, 0.25) is 0 Å². The molecule has 0 radical (unpaired) electrons. The van der Waals surface area contributed by atoms with Gasteiger partial charge in [-0.25, -0.2) is 9.98 Å². The topological polar surface area (TPSA) is 24.7 Å². The first kappa shape index (κ1) is 16.7. The lowest BCUT2D eigenvalue weighted by Gasteiger charge is -2.17. The molecule has 1 atom stereocenters. The maximum absolute atomic E-state index is 4.96. The summed E-state index contributed by atoms with van der Waals surface area (Å²) in [6.07, 6.45) is 15.2. The van der Waals surface area contributed by atoms with Crippen molar-refractivity contribution in [3.05, 3.63) is 35.1 Å². The van der Waals surface area contributed by atoms with Gasteiger partial charge in [0.1, 0.15) is 5.84 Å². The van der Waals surface area contributed by atoms with E-state index in [9.17, 15) is 0 Å². The third-order valence-corrected chi connectivity index (χ3v) is 4.43.